The van der Waals surface area contributed by atoms with E-state index in [0.717, 1.165) is 14.6 Å². The first-order valence-electron chi connectivity index (χ1n) is 4.93. The predicted molar refractivity (Wildman–Crippen MR) is 77.2 cm³/mol. The molecule has 2 nitrogen and oxygen atoms in total. The summed E-state index contributed by atoms with van der Waals surface area (Å²) < 4.78 is 1.69. The van der Waals surface area contributed by atoms with Gasteiger partial charge in [-0.15, -0.1) is 5.69 Å². The molecule has 86 valence electrons. The minimum Gasteiger partial charge on any atom is -0.653 e. The number of halogens is 2. The van der Waals surface area contributed by atoms with Gasteiger partial charge in [-0.2, -0.15) is 0 Å². The molecule has 0 aromatic heterocycles. The Morgan fingerprint density at radius 3 is 2.11 bits per heavy atom. The van der Waals surface area contributed by atoms with Crippen molar-refractivity contribution in [2.24, 2.45) is 0 Å². The fourth-order valence-electron chi connectivity index (χ4n) is 1.33. The Bertz CT molecular complexity index is 584. The van der Waals surface area contributed by atoms with Gasteiger partial charge in [-0.25, -0.2) is 0 Å². The first-order chi connectivity index (χ1) is 8.18. The molecular formula is C13H8Br2NNaO. The Morgan fingerprint density at radius 2 is 1.44 bits per heavy atom. The molecule has 0 amide bonds. The van der Waals surface area contributed by atoms with E-state index in [2.05, 4.69) is 37.2 Å². The third kappa shape index (κ3) is 3.93. The van der Waals surface area contributed by atoms with Crippen LogP contribution in [0.25, 0.3) is 5.32 Å². The minimum absolute atomic E-state index is 0. The van der Waals surface area contributed by atoms with E-state index >= 15 is 0 Å². The second-order valence-electron chi connectivity index (χ2n) is 3.34. The van der Waals surface area contributed by atoms with Crippen LogP contribution in [0.1, 0.15) is 0 Å². The zero-order valence-corrected chi connectivity index (χ0v) is 14.9. The zero-order valence-electron chi connectivity index (χ0n) is 9.73. The van der Waals surface area contributed by atoms with E-state index in [1.165, 1.54) is 6.07 Å². The molecule has 0 saturated carbocycles. The molecule has 0 N–H and O–H groups in total. The second kappa shape index (κ2) is 7.46. The van der Waals surface area contributed by atoms with Gasteiger partial charge >= 0.3 is 29.6 Å². The van der Waals surface area contributed by atoms with Crippen LogP contribution < -0.4 is 35.0 Å². The standard InChI is InChI=1S/C13H9Br2NO.Na/c14-9-5-4-6-10(15)13(9)16-11-7-2-1-3-8-12(11)17;/h1-8H,(H,16,17);/q;+1/p-1. The van der Waals surface area contributed by atoms with Gasteiger partial charge in [0.15, 0.2) is 5.43 Å². The molecule has 5 heteroatoms. The molecule has 0 fully saturated rings. The smallest absolute Gasteiger partial charge is 0.653 e. The molecule has 2 rings (SSSR count). The van der Waals surface area contributed by atoms with Gasteiger partial charge in [-0.05, 0) is 18.2 Å². The van der Waals surface area contributed by atoms with Crippen LogP contribution in [0.15, 0.2) is 62.3 Å². The van der Waals surface area contributed by atoms with Crippen molar-refractivity contribution in [2.45, 2.75) is 0 Å². The number of hydrogen-bond donors (Lipinski definition) is 0. The number of hydrogen-bond acceptors (Lipinski definition) is 1. The van der Waals surface area contributed by atoms with Crippen LogP contribution in [0.3, 0.4) is 0 Å². The van der Waals surface area contributed by atoms with Crippen molar-refractivity contribution in [3.8, 4) is 0 Å². The van der Waals surface area contributed by atoms with Crippen LogP contribution in [0.4, 0.5) is 11.4 Å². The molecule has 0 aliphatic rings. The predicted octanol–water partition coefficient (Wildman–Crippen LogP) is 1.91. The molecule has 0 atom stereocenters. The van der Waals surface area contributed by atoms with E-state index < -0.39 is 0 Å². The van der Waals surface area contributed by atoms with Crippen molar-refractivity contribution in [3.63, 3.8) is 0 Å². The molecule has 0 spiro atoms. The monoisotopic (exact) mass is 375 g/mol. The number of para-hydroxylation sites is 1. The van der Waals surface area contributed by atoms with Gasteiger partial charge in [0.25, 0.3) is 0 Å². The van der Waals surface area contributed by atoms with E-state index in [-0.39, 0.29) is 35.0 Å². The van der Waals surface area contributed by atoms with Crippen LogP contribution in [-0.2, 0) is 0 Å². The third-order valence-electron chi connectivity index (χ3n) is 2.15. The molecular weight excluding hydrogens is 369 g/mol. The largest absolute Gasteiger partial charge is 1.00 e. The Kier molecular flexibility index (Phi) is 6.60. The second-order valence-corrected chi connectivity index (χ2v) is 5.05. The van der Waals surface area contributed by atoms with Crippen molar-refractivity contribution in [1.82, 2.24) is 0 Å². The molecule has 0 radical (unpaired) electrons. The molecule has 0 unspecified atom stereocenters. The molecule has 2 aromatic rings. The maximum Gasteiger partial charge on any atom is 1.00 e. The van der Waals surface area contributed by atoms with Crippen LogP contribution in [0.5, 0.6) is 0 Å². The van der Waals surface area contributed by atoms with E-state index in [1.54, 1.807) is 24.3 Å². The molecule has 0 bridgehead atoms. The fraction of sp³-hybridized carbons (Fsp3) is 0. The maximum absolute atomic E-state index is 11.7. The summed E-state index contributed by atoms with van der Waals surface area (Å²) in [7, 11) is 0. The molecule has 0 aliphatic heterocycles. The SMILES string of the molecule is O=c1cccccc1[N-]c1c(Br)cccc1Br.[Na+]. The Morgan fingerprint density at radius 1 is 0.833 bits per heavy atom. The molecule has 2 aromatic carbocycles. The third-order valence-corrected chi connectivity index (χ3v) is 3.43. The van der Waals surface area contributed by atoms with Gasteiger partial charge in [0.1, 0.15) is 0 Å². The summed E-state index contributed by atoms with van der Waals surface area (Å²) in [5, 5.41) is 4.37. The van der Waals surface area contributed by atoms with Gasteiger partial charge in [-0.1, -0.05) is 67.9 Å². The summed E-state index contributed by atoms with van der Waals surface area (Å²) in [4.78, 5) is 11.7. The van der Waals surface area contributed by atoms with Gasteiger partial charge in [0.05, 0.1) is 0 Å². The molecule has 18 heavy (non-hydrogen) atoms. The summed E-state index contributed by atoms with van der Waals surface area (Å²) in [6.07, 6.45) is 0. The first-order valence-corrected chi connectivity index (χ1v) is 6.52. The fourth-order valence-corrected chi connectivity index (χ4v) is 2.51. The minimum atomic E-state index is -0.0994. The Hall–Kier alpha value is -0.130. The number of nitrogens with zero attached hydrogens (tertiary/aromatic N) is 1. The maximum atomic E-state index is 11.7. The van der Waals surface area contributed by atoms with Crippen LogP contribution >= 0.6 is 31.9 Å². The van der Waals surface area contributed by atoms with Crippen molar-refractivity contribution in [1.29, 1.82) is 0 Å². The summed E-state index contributed by atoms with van der Waals surface area (Å²) in [6.45, 7) is 0. The normalized spacial score (nSPS) is 9.44. The summed E-state index contributed by atoms with van der Waals surface area (Å²) >= 11 is 6.83. The van der Waals surface area contributed by atoms with Gasteiger partial charge in [-0.3, -0.25) is 4.79 Å². The van der Waals surface area contributed by atoms with Crippen molar-refractivity contribution >= 4 is 43.2 Å². The van der Waals surface area contributed by atoms with Crippen LogP contribution in [0.2, 0.25) is 0 Å². The van der Waals surface area contributed by atoms with Crippen molar-refractivity contribution < 1.29 is 29.6 Å². The zero-order chi connectivity index (χ0) is 12.3. The first kappa shape index (κ1) is 15.9. The number of rotatable bonds is 2. The Labute approximate surface area is 144 Å². The quantitative estimate of drug-likeness (QED) is 0.736. The van der Waals surface area contributed by atoms with Crippen molar-refractivity contribution in [2.75, 3.05) is 0 Å². The number of benzene rings is 1. The average molecular weight is 377 g/mol. The molecule has 0 heterocycles. The van der Waals surface area contributed by atoms with E-state index in [1.807, 2.05) is 18.2 Å². The van der Waals surface area contributed by atoms with Gasteiger partial charge in [0, 0.05) is 8.95 Å². The van der Waals surface area contributed by atoms with E-state index in [4.69, 9.17) is 0 Å². The van der Waals surface area contributed by atoms with E-state index in [9.17, 15) is 4.79 Å². The van der Waals surface area contributed by atoms with Crippen LogP contribution in [-0.4, -0.2) is 0 Å². The van der Waals surface area contributed by atoms with Crippen LogP contribution in [0, 0.1) is 0 Å². The summed E-state index contributed by atoms with van der Waals surface area (Å²) in [6, 6.07) is 14.2. The van der Waals surface area contributed by atoms with Crippen molar-refractivity contribution in [3.05, 3.63) is 73.0 Å². The van der Waals surface area contributed by atoms with Gasteiger partial charge in [0.2, 0.25) is 0 Å². The molecule has 0 aliphatic carbocycles. The molecule has 0 saturated heterocycles. The van der Waals surface area contributed by atoms with Gasteiger partial charge < -0.3 is 5.32 Å². The topological polar surface area (TPSA) is 31.2 Å². The summed E-state index contributed by atoms with van der Waals surface area (Å²) in [5.74, 6) is 0. The Balaban J connectivity index is 0.00000162. The van der Waals surface area contributed by atoms with E-state index in [0.29, 0.717) is 5.69 Å². The summed E-state index contributed by atoms with van der Waals surface area (Å²) in [5.41, 5.74) is 1.04. The average Bonchev–Trinajstić information content (AvgIpc) is 2.49.